The van der Waals surface area contributed by atoms with Gasteiger partial charge in [0.15, 0.2) is 0 Å². The van der Waals surface area contributed by atoms with Crippen molar-refractivity contribution in [1.82, 2.24) is 4.31 Å². The Bertz CT molecular complexity index is 955. The first-order valence-electron chi connectivity index (χ1n) is 8.97. The van der Waals surface area contributed by atoms with Gasteiger partial charge in [0.05, 0.1) is 23.7 Å². The summed E-state index contributed by atoms with van der Waals surface area (Å²) in [6, 6.07) is 13.9. The summed E-state index contributed by atoms with van der Waals surface area (Å²) in [6.07, 6.45) is 0. The van der Waals surface area contributed by atoms with E-state index in [-0.39, 0.29) is 28.9 Å². The number of rotatable bonds is 5. The number of nitrogens with zero attached hydrogens (tertiary/aromatic N) is 1. The Kier molecular flexibility index (Phi) is 6.09. The second kappa shape index (κ2) is 8.21. The Morgan fingerprint density at radius 1 is 1.11 bits per heavy atom. The number of carbonyl (C=O) groups is 1. The molecule has 1 N–H and O–H groups in total. The van der Waals surface area contributed by atoms with Crippen molar-refractivity contribution >= 4 is 33.2 Å². The van der Waals surface area contributed by atoms with E-state index in [0.29, 0.717) is 18.9 Å². The van der Waals surface area contributed by atoms with Crippen molar-refractivity contribution in [3.05, 3.63) is 59.1 Å². The van der Waals surface area contributed by atoms with Gasteiger partial charge in [-0.1, -0.05) is 41.9 Å². The summed E-state index contributed by atoms with van der Waals surface area (Å²) in [5.74, 6) is -0.240. The second-order valence-corrected chi connectivity index (χ2v) is 9.42. The fourth-order valence-corrected chi connectivity index (χ4v) is 4.89. The fourth-order valence-electron chi connectivity index (χ4n) is 2.98. The Morgan fingerprint density at radius 3 is 2.39 bits per heavy atom. The van der Waals surface area contributed by atoms with Crippen LogP contribution in [0.25, 0.3) is 0 Å². The van der Waals surface area contributed by atoms with Gasteiger partial charge in [-0.3, -0.25) is 4.79 Å². The number of ether oxygens (including phenoxy) is 1. The molecule has 1 fully saturated rings. The summed E-state index contributed by atoms with van der Waals surface area (Å²) in [7, 11) is -3.77. The maximum absolute atomic E-state index is 12.9. The number of sulfonamides is 1. The van der Waals surface area contributed by atoms with Crippen LogP contribution in [0.5, 0.6) is 0 Å². The molecule has 1 amide bonds. The van der Waals surface area contributed by atoms with Crippen LogP contribution in [0.3, 0.4) is 0 Å². The summed E-state index contributed by atoms with van der Waals surface area (Å²) in [5.41, 5.74) is 0.456. The van der Waals surface area contributed by atoms with Crippen LogP contribution in [0.2, 0.25) is 5.02 Å². The molecule has 0 atom stereocenters. The van der Waals surface area contributed by atoms with Crippen molar-refractivity contribution in [2.75, 3.05) is 31.6 Å². The molecule has 3 rings (SSSR count). The zero-order valence-electron chi connectivity index (χ0n) is 15.8. The largest absolute Gasteiger partial charge is 0.379 e. The highest BCUT2D eigenvalue weighted by molar-refractivity contribution is 7.89. The Morgan fingerprint density at radius 2 is 1.75 bits per heavy atom. The smallest absolute Gasteiger partial charge is 0.244 e. The van der Waals surface area contributed by atoms with E-state index in [4.69, 9.17) is 16.3 Å². The lowest BCUT2D eigenvalue weighted by molar-refractivity contribution is -0.120. The molecule has 6 nitrogen and oxygen atoms in total. The maximum Gasteiger partial charge on any atom is 0.244 e. The quantitative estimate of drug-likeness (QED) is 0.802. The van der Waals surface area contributed by atoms with Gasteiger partial charge in [0.2, 0.25) is 15.9 Å². The highest BCUT2D eigenvalue weighted by Gasteiger charge is 2.31. The van der Waals surface area contributed by atoms with Crippen LogP contribution in [0.1, 0.15) is 19.4 Å². The minimum Gasteiger partial charge on any atom is -0.379 e. The van der Waals surface area contributed by atoms with E-state index in [1.54, 1.807) is 6.07 Å². The highest BCUT2D eigenvalue weighted by Crippen LogP contribution is 2.30. The molecule has 1 heterocycles. The third-order valence-corrected chi connectivity index (χ3v) is 7.22. The number of amides is 1. The van der Waals surface area contributed by atoms with Crippen LogP contribution in [0.15, 0.2) is 53.4 Å². The number of carbonyl (C=O) groups excluding carboxylic acids is 1. The SMILES string of the molecule is CC(C)(C(=O)Nc1ccc(Cl)c(S(=O)(=O)N2CCOCC2)c1)c1ccccc1. The van der Waals surface area contributed by atoms with Gasteiger partial charge in [-0.05, 0) is 37.6 Å². The van der Waals surface area contributed by atoms with Crippen molar-refractivity contribution < 1.29 is 17.9 Å². The molecule has 2 aromatic carbocycles. The lowest BCUT2D eigenvalue weighted by Crippen LogP contribution is -2.40. The van der Waals surface area contributed by atoms with Gasteiger partial charge in [0.1, 0.15) is 4.90 Å². The van der Waals surface area contributed by atoms with Crippen LogP contribution < -0.4 is 5.32 Å². The monoisotopic (exact) mass is 422 g/mol. The van der Waals surface area contributed by atoms with Crippen LogP contribution in [-0.2, 0) is 25.0 Å². The molecule has 1 aliphatic heterocycles. The van der Waals surface area contributed by atoms with Crippen molar-refractivity contribution in [2.24, 2.45) is 0 Å². The molecular weight excluding hydrogens is 400 g/mol. The standard InChI is InChI=1S/C20H23ClN2O4S/c1-20(2,15-6-4-3-5-7-15)19(24)22-16-8-9-17(21)18(14-16)28(25,26)23-10-12-27-13-11-23/h3-9,14H,10-13H2,1-2H3,(H,22,24). The zero-order chi connectivity index (χ0) is 20.4. The number of nitrogens with one attached hydrogen (secondary N) is 1. The molecule has 0 aromatic heterocycles. The highest BCUT2D eigenvalue weighted by atomic mass is 35.5. The van der Waals surface area contributed by atoms with Crippen LogP contribution in [0.4, 0.5) is 5.69 Å². The number of hydrogen-bond acceptors (Lipinski definition) is 4. The van der Waals surface area contributed by atoms with Crippen molar-refractivity contribution in [1.29, 1.82) is 0 Å². The van der Waals surface area contributed by atoms with Gasteiger partial charge >= 0.3 is 0 Å². The fraction of sp³-hybridized carbons (Fsp3) is 0.350. The molecule has 1 saturated heterocycles. The van der Waals surface area contributed by atoms with Gasteiger partial charge in [0, 0.05) is 18.8 Å². The Balaban J connectivity index is 1.86. The Hall–Kier alpha value is -1.93. The van der Waals surface area contributed by atoms with E-state index in [2.05, 4.69) is 5.32 Å². The summed E-state index contributed by atoms with van der Waals surface area (Å²) in [5, 5.41) is 2.94. The molecule has 1 aliphatic rings. The van der Waals surface area contributed by atoms with Gasteiger partial charge in [0.25, 0.3) is 0 Å². The van der Waals surface area contributed by atoms with Gasteiger partial charge < -0.3 is 10.1 Å². The number of hydrogen-bond donors (Lipinski definition) is 1. The lowest BCUT2D eigenvalue weighted by Gasteiger charge is -2.27. The first kappa shape index (κ1) is 20.8. The average molecular weight is 423 g/mol. The van der Waals surface area contributed by atoms with Crippen molar-refractivity contribution in [2.45, 2.75) is 24.2 Å². The summed E-state index contributed by atoms with van der Waals surface area (Å²) < 4.78 is 32.4. The molecular formula is C20H23ClN2O4S. The topological polar surface area (TPSA) is 75.7 Å². The molecule has 0 radical (unpaired) electrons. The third-order valence-electron chi connectivity index (χ3n) is 4.84. The predicted octanol–water partition coefficient (Wildman–Crippen LogP) is 3.28. The Labute approximate surface area is 170 Å². The van der Waals surface area contributed by atoms with E-state index in [1.807, 2.05) is 44.2 Å². The second-order valence-electron chi connectivity index (χ2n) is 7.11. The molecule has 0 aliphatic carbocycles. The molecule has 0 spiro atoms. The van der Waals surface area contributed by atoms with Crippen LogP contribution >= 0.6 is 11.6 Å². The van der Waals surface area contributed by atoms with Crippen LogP contribution in [0, 0.1) is 0 Å². The third kappa shape index (κ3) is 4.22. The van der Waals surface area contributed by atoms with E-state index in [9.17, 15) is 13.2 Å². The van der Waals surface area contributed by atoms with E-state index in [0.717, 1.165) is 5.56 Å². The van der Waals surface area contributed by atoms with Crippen molar-refractivity contribution in [3.63, 3.8) is 0 Å². The number of halogens is 1. The zero-order valence-corrected chi connectivity index (χ0v) is 17.4. The first-order chi connectivity index (χ1) is 13.2. The summed E-state index contributed by atoms with van der Waals surface area (Å²) in [4.78, 5) is 12.8. The molecule has 8 heteroatoms. The molecule has 150 valence electrons. The van der Waals surface area contributed by atoms with Gasteiger partial charge in [-0.2, -0.15) is 4.31 Å². The predicted molar refractivity (Wildman–Crippen MR) is 109 cm³/mol. The average Bonchev–Trinajstić information content (AvgIpc) is 2.70. The van der Waals surface area contributed by atoms with E-state index in [1.165, 1.54) is 16.4 Å². The molecule has 0 bridgehead atoms. The molecule has 28 heavy (non-hydrogen) atoms. The molecule has 0 saturated carbocycles. The van der Waals surface area contributed by atoms with E-state index >= 15 is 0 Å². The van der Waals surface area contributed by atoms with Gasteiger partial charge in [-0.15, -0.1) is 0 Å². The van der Waals surface area contributed by atoms with E-state index < -0.39 is 15.4 Å². The number of anilines is 1. The molecule has 0 unspecified atom stereocenters. The first-order valence-corrected chi connectivity index (χ1v) is 10.8. The molecule has 2 aromatic rings. The van der Waals surface area contributed by atoms with Crippen LogP contribution in [-0.4, -0.2) is 44.9 Å². The van der Waals surface area contributed by atoms with Gasteiger partial charge in [-0.25, -0.2) is 8.42 Å². The van der Waals surface area contributed by atoms with Crippen molar-refractivity contribution in [3.8, 4) is 0 Å². The lowest BCUT2D eigenvalue weighted by atomic mass is 9.83. The maximum atomic E-state index is 12.9. The number of morpholine rings is 1. The minimum absolute atomic E-state index is 0.0219. The normalized spacial score (nSPS) is 16.0. The number of benzene rings is 2. The minimum atomic E-state index is -3.77. The summed E-state index contributed by atoms with van der Waals surface area (Å²) in [6.45, 7) is 4.88. The summed E-state index contributed by atoms with van der Waals surface area (Å²) >= 11 is 6.17.